The van der Waals surface area contributed by atoms with Crippen LogP contribution in [0.1, 0.15) is 40.5 Å². The van der Waals surface area contributed by atoms with Crippen LogP contribution in [0.25, 0.3) is 0 Å². The van der Waals surface area contributed by atoms with Gasteiger partial charge >= 0.3 is 5.97 Å². The van der Waals surface area contributed by atoms with Gasteiger partial charge in [0.25, 0.3) is 0 Å². The number of ether oxygens (including phenoxy) is 4. The van der Waals surface area contributed by atoms with Crippen LogP contribution in [0.2, 0.25) is 0 Å². The maximum Gasteiger partial charge on any atom is 0.308 e. The van der Waals surface area contributed by atoms with Gasteiger partial charge < -0.3 is 18.9 Å². The molecule has 29 heavy (non-hydrogen) atoms. The summed E-state index contributed by atoms with van der Waals surface area (Å²) in [6, 6.07) is 0. The summed E-state index contributed by atoms with van der Waals surface area (Å²) in [5.41, 5.74) is 1.14. The minimum absolute atomic E-state index is 0.00448. The normalized spacial score (nSPS) is 26.4. The molecule has 1 heterocycles. The molecule has 0 bridgehead atoms. The Labute approximate surface area is 180 Å². The Morgan fingerprint density at radius 1 is 1.17 bits per heavy atom. The molecule has 1 rings (SSSR count). The average Bonchev–Trinajstić information content (AvgIpc) is 2.68. The minimum atomic E-state index is -0.634. The Morgan fingerprint density at radius 2 is 1.86 bits per heavy atom. The Hall–Kier alpha value is -1.40. The predicted molar refractivity (Wildman–Crippen MR) is 117 cm³/mol. The Bertz CT molecular complexity index is 621. The number of carbonyl (C=O) groups is 1. The standard InChI is InChI=1S/C23H35ClO5/c1-17(14-15-24)22-18(2)20(28-23(3,4)29-22)13-11-9-7-8-10-12-19(26-5)16-21(25)27-6/h7-12,14,18-20,22H,13,15-16H2,1-6H3/b8-7+,11-9+,12-10+,17-14-/t18-,19-,20-,22-/m0/s1. The van der Waals surface area contributed by atoms with Crippen LogP contribution in [-0.4, -0.2) is 50.2 Å². The van der Waals surface area contributed by atoms with Crippen molar-refractivity contribution in [2.75, 3.05) is 20.1 Å². The third-order valence-electron chi connectivity index (χ3n) is 4.82. The minimum Gasteiger partial charge on any atom is -0.469 e. The first-order chi connectivity index (χ1) is 13.7. The van der Waals surface area contributed by atoms with Crippen molar-refractivity contribution >= 4 is 17.6 Å². The first-order valence-electron chi connectivity index (χ1n) is 9.92. The van der Waals surface area contributed by atoms with E-state index in [9.17, 15) is 4.79 Å². The fraction of sp³-hybridized carbons (Fsp3) is 0.609. The molecule has 0 N–H and O–H groups in total. The number of alkyl halides is 1. The van der Waals surface area contributed by atoms with Crippen molar-refractivity contribution in [2.45, 2.75) is 64.6 Å². The van der Waals surface area contributed by atoms with Gasteiger partial charge in [0.05, 0.1) is 31.8 Å². The molecule has 5 nitrogen and oxygen atoms in total. The van der Waals surface area contributed by atoms with E-state index in [-0.39, 0.29) is 36.6 Å². The maximum atomic E-state index is 11.3. The van der Waals surface area contributed by atoms with Gasteiger partial charge in [-0.25, -0.2) is 0 Å². The van der Waals surface area contributed by atoms with Gasteiger partial charge in [0, 0.05) is 18.9 Å². The number of allylic oxidation sites excluding steroid dienone is 5. The summed E-state index contributed by atoms with van der Waals surface area (Å²) in [5, 5.41) is 0. The monoisotopic (exact) mass is 426 g/mol. The van der Waals surface area contributed by atoms with Gasteiger partial charge in [-0.05, 0) is 32.8 Å². The Morgan fingerprint density at radius 3 is 2.48 bits per heavy atom. The molecule has 0 amide bonds. The van der Waals surface area contributed by atoms with E-state index in [0.717, 1.165) is 12.0 Å². The van der Waals surface area contributed by atoms with Crippen LogP contribution in [0.15, 0.2) is 48.1 Å². The van der Waals surface area contributed by atoms with E-state index in [2.05, 4.69) is 24.7 Å². The molecule has 0 aliphatic carbocycles. The Kier molecular flexibility index (Phi) is 11.5. The molecule has 0 aromatic rings. The summed E-state index contributed by atoms with van der Waals surface area (Å²) in [7, 11) is 2.93. The van der Waals surface area contributed by atoms with Crippen molar-refractivity contribution < 1.29 is 23.7 Å². The van der Waals surface area contributed by atoms with Crippen molar-refractivity contribution in [2.24, 2.45) is 5.92 Å². The van der Waals surface area contributed by atoms with E-state index in [4.69, 9.17) is 25.8 Å². The average molecular weight is 427 g/mol. The predicted octanol–water partition coefficient (Wildman–Crippen LogP) is 4.96. The van der Waals surface area contributed by atoms with Crippen LogP contribution in [0.4, 0.5) is 0 Å². The molecule has 0 aromatic carbocycles. The zero-order valence-electron chi connectivity index (χ0n) is 18.4. The van der Waals surface area contributed by atoms with E-state index in [1.807, 2.05) is 50.3 Å². The number of carbonyl (C=O) groups excluding carboxylic acids is 1. The van der Waals surface area contributed by atoms with Crippen LogP contribution >= 0.6 is 11.6 Å². The molecule has 1 saturated heterocycles. The van der Waals surface area contributed by atoms with E-state index < -0.39 is 5.79 Å². The molecular weight excluding hydrogens is 392 g/mol. The molecule has 6 heteroatoms. The lowest BCUT2D eigenvalue weighted by molar-refractivity contribution is -0.310. The van der Waals surface area contributed by atoms with E-state index in [0.29, 0.717) is 5.88 Å². The van der Waals surface area contributed by atoms with Crippen LogP contribution < -0.4 is 0 Å². The zero-order chi connectivity index (χ0) is 21.9. The van der Waals surface area contributed by atoms with Crippen molar-refractivity contribution in [3.63, 3.8) is 0 Å². The zero-order valence-corrected chi connectivity index (χ0v) is 19.1. The van der Waals surface area contributed by atoms with E-state index >= 15 is 0 Å². The molecule has 4 atom stereocenters. The van der Waals surface area contributed by atoms with Crippen molar-refractivity contribution in [1.29, 1.82) is 0 Å². The molecule has 164 valence electrons. The van der Waals surface area contributed by atoms with Crippen LogP contribution in [-0.2, 0) is 23.7 Å². The third kappa shape index (κ3) is 9.30. The Balaban J connectivity index is 2.60. The fourth-order valence-electron chi connectivity index (χ4n) is 3.20. The van der Waals surface area contributed by atoms with Gasteiger partial charge in [0.15, 0.2) is 5.79 Å². The van der Waals surface area contributed by atoms with Crippen LogP contribution in [0, 0.1) is 5.92 Å². The van der Waals surface area contributed by atoms with Crippen LogP contribution in [0.3, 0.4) is 0 Å². The first kappa shape index (κ1) is 25.6. The van der Waals surface area contributed by atoms with Gasteiger partial charge in [0.2, 0.25) is 0 Å². The second-order valence-corrected chi connectivity index (χ2v) is 7.85. The van der Waals surface area contributed by atoms with Gasteiger partial charge in [-0.3, -0.25) is 4.79 Å². The molecule has 0 saturated carbocycles. The highest BCUT2D eigenvalue weighted by molar-refractivity contribution is 6.18. The quantitative estimate of drug-likeness (QED) is 0.214. The fourth-order valence-corrected chi connectivity index (χ4v) is 3.44. The van der Waals surface area contributed by atoms with Gasteiger partial charge in [-0.1, -0.05) is 49.5 Å². The highest BCUT2D eigenvalue weighted by Crippen LogP contribution is 2.35. The number of esters is 1. The first-order valence-corrected chi connectivity index (χ1v) is 10.4. The van der Waals surface area contributed by atoms with Crippen molar-refractivity contribution in [3.05, 3.63) is 48.1 Å². The molecule has 1 aliphatic rings. The maximum absolute atomic E-state index is 11.3. The van der Waals surface area contributed by atoms with Gasteiger partial charge in [0.1, 0.15) is 0 Å². The molecule has 0 spiro atoms. The van der Waals surface area contributed by atoms with E-state index in [1.165, 1.54) is 7.11 Å². The molecule has 0 aromatic heterocycles. The lowest BCUT2D eigenvalue weighted by atomic mass is 9.89. The number of hydrogen-bond acceptors (Lipinski definition) is 5. The molecule has 1 aliphatic heterocycles. The van der Waals surface area contributed by atoms with Gasteiger partial charge in [-0.15, -0.1) is 11.6 Å². The smallest absolute Gasteiger partial charge is 0.308 e. The topological polar surface area (TPSA) is 54.0 Å². The second-order valence-electron chi connectivity index (χ2n) is 7.54. The van der Waals surface area contributed by atoms with Crippen molar-refractivity contribution in [1.82, 2.24) is 0 Å². The molecule has 0 unspecified atom stereocenters. The highest BCUT2D eigenvalue weighted by Gasteiger charge is 2.40. The molecule has 0 radical (unpaired) electrons. The second kappa shape index (κ2) is 13.0. The summed E-state index contributed by atoms with van der Waals surface area (Å²) in [6.45, 7) is 8.10. The number of rotatable bonds is 10. The number of halogens is 1. The van der Waals surface area contributed by atoms with Crippen LogP contribution in [0.5, 0.6) is 0 Å². The lowest BCUT2D eigenvalue weighted by Gasteiger charge is -2.45. The lowest BCUT2D eigenvalue weighted by Crippen LogP contribution is -2.50. The SMILES string of the molecule is COC(=O)C[C@H](/C=C/C=C/C=C/C[C@@H]1OC(C)(C)O[C@@H](/C(C)=C\CCl)[C@H]1C)OC. The molecule has 1 fully saturated rings. The number of methoxy groups -OCH3 is 2. The summed E-state index contributed by atoms with van der Waals surface area (Å²) < 4.78 is 22.1. The third-order valence-corrected chi connectivity index (χ3v) is 4.97. The molecular formula is C23H35ClO5. The summed E-state index contributed by atoms with van der Waals surface area (Å²) in [6.07, 6.45) is 14.3. The highest BCUT2D eigenvalue weighted by atomic mass is 35.5. The van der Waals surface area contributed by atoms with Crippen molar-refractivity contribution in [3.8, 4) is 0 Å². The van der Waals surface area contributed by atoms with Gasteiger partial charge in [-0.2, -0.15) is 0 Å². The summed E-state index contributed by atoms with van der Waals surface area (Å²) in [5.74, 6) is -0.235. The summed E-state index contributed by atoms with van der Waals surface area (Å²) >= 11 is 5.86. The van der Waals surface area contributed by atoms with E-state index in [1.54, 1.807) is 7.11 Å². The largest absolute Gasteiger partial charge is 0.469 e. The number of hydrogen-bond donors (Lipinski definition) is 0. The summed E-state index contributed by atoms with van der Waals surface area (Å²) in [4.78, 5) is 11.3.